The molecule has 0 aliphatic rings. The fourth-order valence-corrected chi connectivity index (χ4v) is 8.78. The third-order valence-electron chi connectivity index (χ3n) is 5.37. The molecule has 0 aliphatic heterocycles. The SMILES string of the molecule is COc1ccc(C(=O)Nc2ccccc2)cc1N(S(=O)(=O)c1cc(Cl)cc(Cl)c1)S(=O)(=O)c1cc(Cl)cc(Cl)c1. The van der Waals surface area contributed by atoms with Gasteiger partial charge in [-0.15, -0.1) is 0 Å². The highest BCUT2D eigenvalue weighted by Crippen LogP contribution is 2.39. The van der Waals surface area contributed by atoms with E-state index < -0.39 is 41.4 Å². The van der Waals surface area contributed by atoms with E-state index in [4.69, 9.17) is 51.1 Å². The number of hydrogen-bond donors (Lipinski definition) is 1. The molecule has 0 aliphatic carbocycles. The van der Waals surface area contributed by atoms with Crippen LogP contribution in [0.3, 0.4) is 0 Å². The molecule has 0 fully saturated rings. The van der Waals surface area contributed by atoms with Crippen molar-refractivity contribution in [1.82, 2.24) is 0 Å². The summed E-state index contributed by atoms with van der Waals surface area (Å²) in [5.74, 6) is -0.814. The number of carbonyl (C=O) groups excluding carboxylic acids is 1. The van der Waals surface area contributed by atoms with Gasteiger partial charge in [0.15, 0.2) is 0 Å². The highest BCUT2D eigenvalue weighted by atomic mass is 35.5. The van der Waals surface area contributed by atoms with Crippen LogP contribution in [0.5, 0.6) is 5.75 Å². The summed E-state index contributed by atoms with van der Waals surface area (Å²) in [6.45, 7) is 0. The van der Waals surface area contributed by atoms with E-state index in [0.717, 1.165) is 30.3 Å². The number of methoxy groups -OCH3 is 1. The van der Waals surface area contributed by atoms with E-state index in [2.05, 4.69) is 5.32 Å². The van der Waals surface area contributed by atoms with Gasteiger partial charge in [-0.2, -0.15) is 3.71 Å². The maximum Gasteiger partial charge on any atom is 0.277 e. The zero-order chi connectivity index (χ0) is 29.2. The molecule has 0 saturated carbocycles. The monoisotopic (exact) mass is 658 g/mol. The number of benzene rings is 4. The topological polar surface area (TPSA) is 110 Å². The molecule has 4 aromatic rings. The van der Waals surface area contributed by atoms with Gasteiger partial charge in [-0.25, -0.2) is 16.8 Å². The van der Waals surface area contributed by atoms with Gasteiger partial charge in [-0.3, -0.25) is 4.79 Å². The average molecular weight is 660 g/mol. The Hall–Kier alpha value is -2.99. The van der Waals surface area contributed by atoms with Crippen molar-refractivity contribution in [3.63, 3.8) is 0 Å². The molecular weight excluding hydrogens is 642 g/mol. The van der Waals surface area contributed by atoms with Crippen LogP contribution in [0.1, 0.15) is 10.4 Å². The molecule has 0 aromatic heterocycles. The van der Waals surface area contributed by atoms with Crippen LogP contribution in [0, 0.1) is 0 Å². The van der Waals surface area contributed by atoms with Crippen LogP contribution in [0.4, 0.5) is 11.4 Å². The Kier molecular flexibility index (Phi) is 8.89. The van der Waals surface area contributed by atoms with Gasteiger partial charge in [0.25, 0.3) is 26.0 Å². The van der Waals surface area contributed by atoms with Gasteiger partial charge < -0.3 is 10.1 Å². The first-order chi connectivity index (χ1) is 18.8. The molecule has 40 heavy (non-hydrogen) atoms. The van der Waals surface area contributed by atoms with Crippen molar-refractivity contribution in [1.29, 1.82) is 0 Å². The first-order valence-corrected chi connectivity index (χ1v) is 15.5. The Morgan fingerprint density at radius 3 is 1.62 bits per heavy atom. The van der Waals surface area contributed by atoms with Crippen molar-refractivity contribution in [3.05, 3.63) is 111 Å². The standard InChI is InChI=1S/C26H18Cl4N2O6S2/c1-38-25-8-7-16(26(33)31-21-5-3-2-4-6-21)9-24(25)32(39(34,35)22-12-17(27)10-18(28)13-22)40(36,37)23-14-19(29)11-20(30)15-23/h2-15H,1H3,(H,31,33). The van der Waals surface area contributed by atoms with Crippen molar-refractivity contribution in [2.24, 2.45) is 0 Å². The Morgan fingerprint density at radius 2 is 1.18 bits per heavy atom. The summed E-state index contributed by atoms with van der Waals surface area (Å²) in [5, 5.41) is 2.43. The number of nitrogens with one attached hydrogen (secondary N) is 1. The van der Waals surface area contributed by atoms with Gasteiger partial charge in [0.05, 0.1) is 16.9 Å². The van der Waals surface area contributed by atoms with Gasteiger partial charge in [-0.1, -0.05) is 64.6 Å². The Bertz CT molecular complexity index is 1700. The summed E-state index contributed by atoms with van der Waals surface area (Å²) in [4.78, 5) is 12.0. The maximum atomic E-state index is 14.1. The number of rotatable bonds is 8. The second-order valence-corrected chi connectivity index (χ2v) is 13.7. The second kappa shape index (κ2) is 11.9. The molecule has 1 N–H and O–H groups in total. The molecule has 1 amide bonds. The minimum absolute atomic E-state index is 0.0582. The van der Waals surface area contributed by atoms with Crippen LogP contribution in [0.15, 0.2) is 94.7 Å². The lowest BCUT2D eigenvalue weighted by molar-refractivity contribution is 0.102. The highest BCUT2D eigenvalue weighted by molar-refractivity contribution is 8.10. The lowest BCUT2D eigenvalue weighted by atomic mass is 10.1. The second-order valence-electron chi connectivity index (χ2n) is 8.12. The maximum absolute atomic E-state index is 14.1. The molecule has 8 nitrogen and oxygen atoms in total. The fraction of sp³-hybridized carbons (Fsp3) is 0.0385. The first-order valence-electron chi connectivity index (χ1n) is 11.1. The number of halogens is 4. The largest absolute Gasteiger partial charge is 0.495 e. The third kappa shape index (κ3) is 6.33. The van der Waals surface area contributed by atoms with E-state index in [-0.39, 0.29) is 35.1 Å². The summed E-state index contributed by atoms with van der Waals surface area (Å²) in [6.07, 6.45) is 0. The molecule has 208 valence electrons. The number of ether oxygens (including phenoxy) is 1. The molecule has 0 bridgehead atoms. The number of amides is 1. The quantitative estimate of drug-likeness (QED) is 0.215. The van der Waals surface area contributed by atoms with E-state index in [9.17, 15) is 21.6 Å². The molecular formula is C26H18Cl4N2O6S2. The Labute approximate surface area is 251 Å². The first kappa shape index (κ1) is 30.0. The van der Waals surface area contributed by atoms with Crippen molar-refractivity contribution in [2.45, 2.75) is 9.79 Å². The van der Waals surface area contributed by atoms with Gasteiger partial charge >= 0.3 is 0 Å². The summed E-state index contributed by atoms with van der Waals surface area (Å²) >= 11 is 24.2. The molecule has 4 aromatic carbocycles. The normalized spacial score (nSPS) is 11.6. The third-order valence-corrected chi connectivity index (χ3v) is 10.4. The molecule has 4 rings (SSSR count). The molecule has 0 heterocycles. The molecule has 0 atom stereocenters. The van der Waals surface area contributed by atoms with Gasteiger partial charge in [0.1, 0.15) is 11.4 Å². The molecule has 14 heteroatoms. The van der Waals surface area contributed by atoms with Crippen LogP contribution >= 0.6 is 46.4 Å². The predicted molar refractivity (Wildman–Crippen MR) is 157 cm³/mol. The number of nitrogens with zero attached hydrogens (tertiary/aromatic N) is 1. The molecule has 0 unspecified atom stereocenters. The zero-order valence-corrected chi connectivity index (χ0v) is 25.0. The van der Waals surface area contributed by atoms with Crippen LogP contribution in [0.2, 0.25) is 20.1 Å². The fourth-order valence-electron chi connectivity index (χ4n) is 3.63. The number of carbonyl (C=O) groups is 1. The lowest BCUT2D eigenvalue weighted by Crippen LogP contribution is -2.37. The lowest BCUT2D eigenvalue weighted by Gasteiger charge is -2.26. The van der Waals surface area contributed by atoms with Crippen LogP contribution < -0.4 is 13.8 Å². The van der Waals surface area contributed by atoms with Crippen molar-refractivity contribution < 1.29 is 26.4 Å². The summed E-state index contributed by atoms with van der Waals surface area (Å²) in [7, 11) is -8.76. The van der Waals surface area contributed by atoms with Crippen molar-refractivity contribution in [2.75, 3.05) is 16.1 Å². The Morgan fingerprint density at radius 1 is 0.700 bits per heavy atom. The number of hydrogen-bond acceptors (Lipinski definition) is 6. The minimum Gasteiger partial charge on any atom is -0.495 e. The van der Waals surface area contributed by atoms with Gasteiger partial charge in [0.2, 0.25) is 0 Å². The van der Waals surface area contributed by atoms with E-state index in [1.54, 1.807) is 30.3 Å². The summed E-state index contributed by atoms with van der Waals surface area (Å²) in [6, 6.07) is 18.9. The minimum atomic E-state index is -4.99. The molecule has 0 spiro atoms. The van der Waals surface area contributed by atoms with Crippen LogP contribution in [-0.2, 0) is 20.0 Å². The average Bonchev–Trinajstić information content (AvgIpc) is 2.88. The van der Waals surface area contributed by atoms with E-state index in [0.29, 0.717) is 5.69 Å². The number of para-hydroxylation sites is 1. The summed E-state index contributed by atoms with van der Waals surface area (Å²) < 4.78 is 61.8. The van der Waals surface area contributed by atoms with E-state index >= 15 is 0 Å². The smallest absolute Gasteiger partial charge is 0.277 e. The van der Waals surface area contributed by atoms with Crippen LogP contribution in [0.25, 0.3) is 0 Å². The highest BCUT2D eigenvalue weighted by Gasteiger charge is 2.40. The number of anilines is 2. The van der Waals surface area contributed by atoms with Gasteiger partial charge in [0, 0.05) is 31.3 Å². The van der Waals surface area contributed by atoms with Crippen molar-refractivity contribution >= 4 is 83.7 Å². The van der Waals surface area contributed by atoms with E-state index in [1.807, 2.05) is 0 Å². The number of sulfonamides is 2. The van der Waals surface area contributed by atoms with E-state index in [1.165, 1.54) is 31.4 Å². The molecule has 0 saturated heterocycles. The van der Waals surface area contributed by atoms with Crippen LogP contribution in [-0.4, -0.2) is 29.9 Å². The molecule has 0 radical (unpaired) electrons. The summed E-state index contributed by atoms with van der Waals surface area (Å²) in [5.41, 5.74) is -0.0946. The zero-order valence-electron chi connectivity index (χ0n) is 20.3. The predicted octanol–water partition coefficient (Wildman–Crippen LogP) is 7.15. The van der Waals surface area contributed by atoms with Gasteiger partial charge in [-0.05, 0) is 66.7 Å². The Balaban J connectivity index is 1.98. The van der Waals surface area contributed by atoms with Crippen molar-refractivity contribution in [3.8, 4) is 5.75 Å².